The van der Waals surface area contributed by atoms with Gasteiger partial charge in [-0.15, -0.1) is 0 Å². The summed E-state index contributed by atoms with van der Waals surface area (Å²) < 4.78 is 12.9. The first-order chi connectivity index (χ1) is 23.8. The maximum Gasteiger partial charge on any atom is 0.136 e. The molecule has 222 valence electrons. The van der Waals surface area contributed by atoms with E-state index in [-0.39, 0.29) is 0 Å². The van der Waals surface area contributed by atoms with Crippen LogP contribution < -0.4 is 0 Å². The lowest BCUT2D eigenvalue weighted by molar-refractivity contribution is 0.669. The molecule has 0 amide bonds. The van der Waals surface area contributed by atoms with Gasteiger partial charge < -0.3 is 8.83 Å². The fraction of sp³-hybridized carbons (Fsp3) is 0. The zero-order chi connectivity index (χ0) is 31.3. The van der Waals surface area contributed by atoms with Crippen LogP contribution in [0, 0.1) is 0 Å². The maximum absolute atomic E-state index is 6.45. The van der Waals surface area contributed by atoms with Gasteiger partial charge in [0.2, 0.25) is 0 Å². The van der Waals surface area contributed by atoms with Gasteiger partial charge in [-0.3, -0.25) is 0 Å². The van der Waals surface area contributed by atoms with Crippen LogP contribution in [0.15, 0.2) is 167 Å². The molecule has 0 N–H and O–H groups in total. The van der Waals surface area contributed by atoms with Crippen LogP contribution in [0.3, 0.4) is 0 Å². The summed E-state index contributed by atoms with van der Waals surface area (Å²) in [6.07, 6.45) is 0. The fourth-order valence-corrected chi connectivity index (χ4v) is 8.06. The van der Waals surface area contributed by atoms with E-state index in [2.05, 4.69) is 158 Å². The molecule has 0 aliphatic carbocycles. The normalized spacial score (nSPS) is 12.2. The second-order valence-electron chi connectivity index (χ2n) is 12.8. The topological polar surface area (TPSA) is 26.3 Å². The van der Waals surface area contributed by atoms with Gasteiger partial charge in [0.15, 0.2) is 0 Å². The minimum atomic E-state index is 0.884. The SMILES string of the molecule is c1ccc2c(-c3ccc4oc5ccc(-c6cccc7oc8ccc9ccccc9c8c67)cc5c4c3)c3ccc4ccccc4c3cc2c1. The molecule has 9 aromatic carbocycles. The molecule has 0 saturated heterocycles. The standard InChI is InChI=1S/C46H26O2/c1-4-11-32-27(8-1)16-20-36-37(32)24-29-10-3-6-13-34(29)44(36)31-19-22-41-39(26-31)38-25-30(18-21-40(38)47-41)35-14-7-15-42-46(35)45-33-12-5-2-9-28(33)17-23-43(45)48-42/h1-26H. The van der Waals surface area contributed by atoms with Gasteiger partial charge in [0, 0.05) is 21.5 Å². The number of fused-ring (bicyclic) bond motifs is 12. The summed E-state index contributed by atoms with van der Waals surface area (Å²) in [5.74, 6) is 0. The fourth-order valence-electron chi connectivity index (χ4n) is 8.06. The van der Waals surface area contributed by atoms with Crippen molar-refractivity contribution in [2.75, 3.05) is 0 Å². The van der Waals surface area contributed by atoms with Gasteiger partial charge in [0.05, 0.1) is 0 Å². The Hall–Kier alpha value is -6.38. The van der Waals surface area contributed by atoms with Gasteiger partial charge in [0.1, 0.15) is 22.3 Å². The molecule has 11 aromatic rings. The van der Waals surface area contributed by atoms with E-state index in [1.165, 1.54) is 54.2 Å². The highest BCUT2D eigenvalue weighted by molar-refractivity contribution is 6.24. The van der Waals surface area contributed by atoms with Crippen LogP contribution in [0.1, 0.15) is 0 Å². The largest absolute Gasteiger partial charge is 0.456 e. The van der Waals surface area contributed by atoms with Gasteiger partial charge in [-0.25, -0.2) is 0 Å². The Morgan fingerprint density at radius 1 is 0.292 bits per heavy atom. The molecule has 0 bridgehead atoms. The van der Waals surface area contributed by atoms with Gasteiger partial charge in [-0.05, 0) is 108 Å². The van der Waals surface area contributed by atoms with Crippen LogP contribution in [-0.4, -0.2) is 0 Å². The maximum atomic E-state index is 6.45. The highest BCUT2D eigenvalue weighted by atomic mass is 16.3. The molecule has 0 aliphatic heterocycles. The summed E-state index contributed by atoms with van der Waals surface area (Å²) in [7, 11) is 0. The molecule has 0 unspecified atom stereocenters. The van der Waals surface area contributed by atoms with Crippen LogP contribution in [-0.2, 0) is 0 Å². The smallest absolute Gasteiger partial charge is 0.136 e. The number of rotatable bonds is 2. The lowest BCUT2D eigenvalue weighted by Crippen LogP contribution is -1.87. The Bertz CT molecular complexity index is 3120. The number of benzene rings is 9. The quantitative estimate of drug-likeness (QED) is 0.144. The molecule has 2 aromatic heterocycles. The van der Waals surface area contributed by atoms with Crippen molar-refractivity contribution in [3.8, 4) is 22.3 Å². The second-order valence-corrected chi connectivity index (χ2v) is 12.8. The first kappa shape index (κ1) is 25.8. The Morgan fingerprint density at radius 2 is 0.896 bits per heavy atom. The van der Waals surface area contributed by atoms with Crippen molar-refractivity contribution in [3.63, 3.8) is 0 Å². The summed E-state index contributed by atoms with van der Waals surface area (Å²) in [6, 6.07) is 56.7. The highest BCUT2D eigenvalue weighted by Gasteiger charge is 2.18. The molecule has 0 atom stereocenters. The van der Waals surface area contributed by atoms with Crippen LogP contribution >= 0.6 is 0 Å². The van der Waals surface area contributed by atoms with Gasteiger partial charge in [0.25, 0.3) is 0 Å². The zero-order valence-corrected chi connectivity index (χ0v) is 25.8. The van der Waals surface area contributed by atoms with Crippen LogP contribution in [0.25, 0.3) is 109 Å². The predicted octanol–water partition coefficient (Wildman–Crippen LogP) is 13.4. The second kappa shape index (κ2) is 9.57. The van der Waals surface area contributed by atoms with E-state index in [0.717, 1.165) is 55.0 Å². The minimum absolute atomic E-state index is 0.884. The number of hydrogen-bond acceptors (Lipinski definition) is 2. The molecule has 2 heterocycles. The Kier molecular flexibility index (Phi) is 5.14. The van der Waals surface area contributed by atoms with Crippen molar-refractivity contribution in [2.45, 2.75) is 0 Å². The average molecular weight is 611 g/mol. The van der Waals surface area contributed by atoms with Crippen molar-refractivity contribution >= 4 is 87.0 Å². The van der Waals surface area contributed by atoms with E-state index >= 15 is 0 Å². The molecule has 0 saturated carbocycles. The predicted molar refractivity (Wildman–Crippen MR) is 202 cm³/mol. The average Bonchev–Trinajstić information content (AvgIpc) is 3.72. The summed E-state index contributed by atoms with van der Waals surface area (Å²) >= 11 is 0. The van der Waals surface area contributed by atoms with Crippen molar-refractivity contribution in [3.05, 3.63) is 158 Å². The van der Waals surface area contributed by atoms with E-state index in [4.69, 9.17) is 8.83 Å². The summed E-state index contributed by atoms with van der Waals surface area (Å²) in [4.78, 5) is 0. The third-order valence-corrected chi connectivity index (χ3v) is 10.2. The first-order valence-corrected chi connectivity index (χ1v) is 16.4. The van der Waals surface area contributed by atoms with Crippen LogP contribution in [0.2, 0.25) is 0 Å². The molecule has 0 aliphatic rings. The highest BCUT2D eigenvalue weighted by Crippen LogP contribution is 2.44. The first-order valence-electron chi connectivity index (χ1n) is 16.4. The van der Waals surface area contributed by atoms with Crippen LogP contribution in [0.4, 0.5) is 0 Å². The minimum Gasteiger partial charge on any atom is -0.456 e. The van der Waals surface area contributed by atoms with Gasteiger partial charge >= 0.3 is 0 Å². The van der Waals surface area contributed by atoms with Crippen LogP contribution in [0.5, 0.6) is 0 Å². The van der Waals surface area contributed by atoms with Crippen molar-refractivity contribution in [1.29, 1.82) is 0 Å². The van der Waals surface area contributed by atoms with Gasteiger partial charge in [-0.2, -0.15) is 0 Å². The molecule has 0 fully saturated rings. The monoisotopic (exact) mass is 610 g/mol. The number of hydrogen-bond donors (Lipinski definition) is 0. The molecule has 0 spiro atoms. The Balaban J connectivity index is 1.17. The van der Waals surface area contributed by atoms with E-state index in [0.29, 0.717) is 0 Å². The summed E-state index contributed by atoms with van der Waals surface area (Å²) in [6.45, 7) is 0. The lowest BCUT2D eigenvalue weighted by atomic mass is 9.89. The van der Waals surface area contributed by atoms with Gasteiger partial charge in [-0.1, -0.05) is 115 Å². The van der Waals surface area contributed by atoms with Crippen molar-refractivity contribution in [1.82, 2.24) is 0 Å². The molecule has 11 rings (SSSR count). The third kappa shape index (κ3) is 3.57. The molecule has 2 heteroatoms. The molecule has 2 nitrogen and oxygen atoms in total. The van der Waals surface area contributed by atoms with E-state index in [9.17, 15) is 0 Å². The Morgan fingerprint density at radius 3 is 1.73 bits per heavy atom. The van der Waals surface area contributed by atoms with Crippen molar-refractivity contribution in [2.24, 2.45) is 0 Å². The van der Waals surface area contributed by atoms with E-state index in [1.807, 2.05) is 0 Å². The van der Waals surface area contributed by atoms with E-state index < -0.39 is 0 Å². The molecule has 48 heavy (non-hydrogen) atoms. The van der Waals surface area contributed by atoms with E-state index in [1.54, 1.807) is 0 Å². The molecular weight excluding hydrogens is 585 g/mol. The van der Waals surface area contributed by atoms with Crippen molar-refractivity contribution < 1.29 is 8.83 Å². The zero-order valence-electron chi connectivity index (χ0n) is 25.8. The molecular formula is C46H26O2. The third-order valence-electron chi connectivity index (χ3n) is 10.2. The summed E-state index contributed by atoms with van der Waals surface area (Å²) in [5.41, 5.74) is 8.30. The molecule has 0 radical (unpaired) electrons. The Labute approximate surface area is 275 Å². The summed E-state index contributed by atoms with van der Waals surface area (Å²) in [5, 5.41) is 14.5. The lowest BCUT2D eigenvalue weighted by Gasteiger charge is -2.14. The number of furan rings is 2.